The van der Waals surface area contributed by atoms with E-state index < -0.39 is 0 Å². The predicted octanol–water partition coefficient (Wildman–Crippen LogP) is 4.09. The van der Waals surface area contributed by atoms with Gasteiger partial charge in [0.05, 0.1) is 13.2 Å². The Morgan fingerprint density at radius 1 is 1.17 bits per heavy atom. The maximum absolute atomic E-state index is 5.37. The van der Waals surface area contributed by atoms with Gasteiger partial charge < -0.3 is 4.84 Å². The van der Waals surface area contributed by atoms with Crippen molar-refractivity contribution in [2.75, 3.05) is 6.61 Å². The summed E-state index contributed by atoms with van der Waals surface area (Å²) >= 11 is 1.76. The summed E-state index contributed by atoms with van der Waals surface area (Å²) in [5.41, 5.74) is 5.55. The van der Waals surface area contributed by atoms with Crippen molar-refractivity contribution in [3.8, 4) is 11.1 Å². The molecule has 0 atom stereocenters. The van der Waals surface area contributed by atoms with Crippen molar-refractivity contribution in [2.45, 2.75) is 20.4 Å². The summed E-state index contributed by atoms with van der Waals surface area (Å²) in [4.78, 5) is 6.66. The fraction of sp³-hybridized carbons (Fsp3) is 0.333. The second kappa shape index (κ2) is 6.69. The Kier molecular flexibility index (Phi) is 4.93. The van der Waals surface area contributed by atoms with E-state index in [1.165, 1.54) is 16.0 Å². The molecule has 1 N–H and O–H groups in total. The average molecular weight is 261 g/mol. The van der Waals surface area contributed by atoms with Crippen LogP contribution in [0.1, 0.15) is 18.7 Å². The Morgan fingerprint density at radius 2 is 1.94 bits per heavy atom. The van der Waals surface area contributed by atoms with Gasteiger partial charge in [-0.1, -0.05) is 44.2 Å². The second-order valence-electron chi connectivity index (χ2n) is 4.69. The lowest BCUT2D eigenvalue weighted by Gasteiger charge is -2.06. The molecule has 0 aliphatic heterocycles. The molecule has 0 bridgehead atoms. The van der Waals surface area contributed by atoms with Crippen LogP contribution in [0.3, 0.4) is 0 Å². The van der Waals surface area contributed by atoms with Crippen molar-refractivity contribution in [1.82, 2.24) is 5.48 Å². The standard InChI is InChI=1S/C15H19NOS/c1-12(2)10-17-16-9-15-8-14(11-18-15)13-6-4-3-5-7-13/h3-8,11-12,16H,9-10H2,1-2H3. The number of hydrogen-bond acceptors (Lipinski definition) is 3. The predicted molar refractivity (Wildman–Crippen MR) is 77.4 cm³/mol. The Balaban J connectivity index is 1.87. The van der Waals surface area contributed by atoms with Gasteiger partial charge in [-0.25, -0.2) is 0 Å². The largest absolute Gasteiger partial charge is 0.301 e. The number of rotatable bonds is 6. The van der Waals surface area contributed by atoms with Gasteiger partial charge in [-0.3, -0.25) is 0 Å². The van der Waals surface area contributed by atoms with E-state index in [1.54, 1.807) is 11.3 Å². The SMILES string of the molecule is CC(C)CONCc1cc(-c2ccccc2)cs1. The molecule has 0 saturated carbocycles. The number of hydrogen-bond donors (Lipinski definition) is 1. The van der Waals surface area contributed by atoms with Crippen LogP contribution in [-0.2, 0) is 11.4 Å². The lowest BCUT2D eigenvalue weighted by Crippen LogP contribution is -2.16. The minimum Gasteiger partial charge on any atom is -0.301 e. The third kappa shape index (κ3) is 3.95. The van der Waals surface area contributed by atoms with Crippen LogP contribution in [0.25, 0.3) is 11.1 Å². The van der Waals surface area contributed by atoms with Crippen molar-refractivity contribution < 1.29 is 4.84 Å². The molecule has 0 fully saturated rings. The molecule has 0 amide bonds. The molecule has 1 heterocycles. The molecule has 1 aromatic carbocycles. The molecular weight excluding hydrogens is 242 g/mol. The third-order valence-electron chi connectivity index (χ3n) is 2.53. The maximum atomic E-state index is 5.37. The Bertz CT molecular complexity index is 464. The second-order valence-corrected chi connectivity index (χ2v) is 5.69. The van der Waals surface area contributed by atoms with Crippen molar-refractivity contribution in [1.29, 1.82) is 0 Å². The number of benzene rings is 1. The average Bonchev–Trinajstić information content (AvgIpc) is 2.84. The first-order valence-corrected chi connectivity index (χ1v) is 7.11. The van der Waals surface area contributed by atoms with E-state index in [4.69, 9.17) is 4.84 Å². The highest BCUT2D eigenvalue weighted by Gasteiger charge is 2.02. The summed E-state index contributed by atoms with van der Waals surface area (Å²) in [6, 6.07) is 12.7. The zero-order chi connectivity index (χ0) is 12.8. The van der Waals surface area contributed by atoms with Gasteiger partial charge in [-0.2, -0.15) is 5.48 Å². The normalized spacial score (nSPS) is 11.1. The fourth-order valence-corrected chi connectivity index (χ4v) is 2.42. The molecule has 2 aromatic rings. The molecule has 1 aromatic heterocycles. The molecule has 0 radical (unpaired) electrons. The Morgan fingerprint density at radius 3 is 2.67 bits per heavy atom. The van der Waals surface area contributed by atoms with E-state index in [1.807, 2.05) is 6.07 Å². The summed E-state index contributed by atoms with van der Waals surface area (Å²) in [6.07, 6.45) is 0. The van der Waals surface area contributed by atoms with Crippen molar-refractivity contribution >= 4 is 11.3 Å². The van der Waals surface area contributed by atoms with Gasteiger partial charge in [-0.15, -0.1) is 11.3 Å². The zero-order valence-electron chi connectivity index (χ0n) is 10.8. The highest BCUT2D eigenvalue weighted by molar-refractivity contribution is 7.10. The molecule has 0 aliphatic rings. The van der Waals surface area contributed by atoms with Gasteiger partial charge in [0.2, 0.25) is 0 Å². The van der Waals surface area contributed by atoms with Crippen LogP contribution in [0, 0.1) is 5.92 Å². The summed E-state index contributed by atoms with van der Waals surface area (Å²) in [5, 5.41) is 2.19. The Hall–Kier alpha value is -1.16. The van der Waals surface area contributed by atoms with Gasteiger partial charge in [0.1, 0.15) is 0 Å². The number of thiophene rings is 1. The highest BCUT2D eigenvalue weighted by atomic mass is 32.1. The van der Waals surface area contributed by atoms with Crippen LogP contribution in [0.15, 0.2) is 41.8 Å². The summed E-state index contributed by atoms with van der Waals surface area (Å²) in [7, 11) is 0. The van der Waals surface area contributed by atoms with E-state index in [9.17, 15) is 0 Å². The number of nitrogens with one attached hydrogen (secondary N) is 1. The minimum atomic E-state index is 0.556. The molecule has 0 saturated heterocycles. The van der Waals surface area contributed by atoms with Gasteiger partial charge in [0.15, 0.2) is 0 Å². The van der Waals surface area contributed by atoms with Crippen LogP contribution >= 0.6 is 11.3 Å². The fourth-order valence-electron chi connectivity index (χ4n) is 1.60. The van der Waals surface area contributed by atoms with Gasteiger partial charge >= 0.3 is 0 Å². The molecule has 0 aliphatic carbocycles. The monoisotopic (exact) mass is 261 g/mol. The Labute approximate surface area is 113 Å². The molecule has 3 heteroatoms. The molecule has 0 spiro atoms. The van der Waals surface area contributed by atoms with Gasteiger partial charge in [-0.05, 0) is 28.5 Å². The van der Waals surface area contributed by atoms with Crippen LogP contribution in [0.4, 0.5) is 0 Å². The first kappa shape index (κ1) is 13.3. The summed E-state index contributed by atoms with van der Waals surface area (Å²) in [5.74, 6) is 0.556. The number of hydroxylamine groups is 1. The lowest BCUT2D eigenvalue weighted by atomic mass is 10.1. The molecule has 0 unspecified atom stereocenters. The van der Waals surface area contributed by atoms with Crippen molar-refractivity contribution in [2.24, 2.45) is 5.92 Å². The van der Waals surface area contributed by atoms with Gasteiger partial charge in [0, 0.05) is 4.88 Å². The van der Waals surface area contributed by atoms with Crippen LogP contribution in [-0.4, -0.2) is 6.61 Å². The van der Waals surface area contributed by atoms with Crippen molar-refractivity contribution in [3.05, 3.63) is 46.7 Å². The van der Waals surface area contributed by atoms with E-state index in [0.717, 1.165) is 13.2 Å². The zero-order valence-corrected chi connectivity index (χ0v) is 11.7. The van der Waals surface area contributed by atoms with Crippen LogP contribution < -0.4 is 5.48 Å². The third-order valence-corrected chi connectivity index (χ3v) is 3.46. The highest BCUT2D eigenvalue weighted by Crippen LogP contribution is 2.25. The molecule has 2 rings (SSSR count). The molecule has 2 nitrogen and oxygen atoms in total. The molecule has 18 heavy (non-hydrogen) atoms. The van der Waals surface area contributed by atoms with E-state index in [-0.39, 0.29) is 0 Å². The first-order valence-electron chi connectivity index (χ1n) is 6.23. The van der Waals surface area contributed by atoms with E-state index in [0.29, 0.717) is 5.92 Å². The maximum Gasteiger partial charge on any atom is 0.0705 e. The first-order chi connectivity index (χ1) is 8.75. The topological polar surface area (TPSA) is 21.3 Å². The van der Waals surface area contributed by atoms with E-state index in [2.05, 4.69) is 55.0 Å². The van der Waals surface area contributed by atoms with Crippen molar-refractivity contribution in [3.63, 3.8) is 0 Å². The summed E-state index contributed by atoms with van der Waals surface area (Å²) < 4.78 is 0. The van der Waals surface area contributed by atoms with Crippen LogP contribution in [0.5, 0.6) is 0 Å². The molecular formula is C15H19NOS. The molecule has 96 valence electrons. The van der Waals surface area contributed by atoms with E-state index >= 15 is 0 Å². The minimum absolute atomic E-state index is 0.556. The smallest absolute Gasteiger partial charge is 0.0705 e. The van der Waals surface area contributed by atoms with Gasteiger partial charge in [0.25, 0.3) is 0 Å². The summed E-state index contributed by atoms with van der Waals surface area (Å²) in [6.45, 7) is 5.79. The van der Waals surface area contributed by atoms with Crippen LogP contribution in [0.2, 0.25) is 0 Å². The lowest BCUT2D eigenvalue weighted by molar-refractivity contribution is 0.0201. The quantitative estimate of drug-likeness (QED) is 0.624.